The van der Waals surface area contributed by atoms with E-state index in [1.165, 1.54) is 53.9 Å². The number of benzene rings is 7. The van der Waals surface area contributed by atoms with Crippen molar-refractivity contribution in [3.63, 3.8) is 0 Å². The van der Waals surface area contributed by atoms with E-state index >= 15 is 0 Å². The first-order valence-electron chi connectivity index (χ1n) is 16.8. The fourth-order valence-electron chi connectivity index (χ4n) is 6.91. The van der Waals surface area contributed by atoms with Gasteiger partial charge in [0, 0.05) is 23.3 Å². The highest BCUT2D eigenvalue weighted by Gasteiger charge is 2.31. The average molecular weight is 645 g/mol. The molecule has 0 radical (unpaired) electrons. The second-order valence-electron chi connectivity index (χ2n) is 12.2. The molecule has 8 aromatic rings. The molecule has 0 saturated carbocycles. The highest BCUT2D eigenvalue weighted by atomic mass is 32.1. The van der Waals surface area contributed by atoms with Gasteiger partial charge in [-0.1, -0.05) is 188 Å². The van der Waals surface area contributed by atoms with Crippen molar-refractivity contribution in [3.05, 3.63) is 224 Å². The van der Waals surface area contributed by atoms with Gasteiger partial charge in [-0.3, -0.25) is 0 Å². The molecular weight excluding hydrogens is 607 g/mol. The maximum atomic E-state index is 2.29. The van der Waals surface area contributed by atoms with Crippen LogP contribution in [0.15, 0.2) is 224 Å². The van der Waals surface area contributed by atoms with Gasteiger partial charge < -0.3 is 0 Å². The highest BCUT2D eigenvalue weighted by molar-refractivity contribution is 7.20. The van der Waals surface area contributed by atoms with Crippen molar-refractivity contribution >= 4 is 39.3 Å². The van der Waals surface area contributed by atoms with Crippen LogP contribution in [0.25, 0.3) is 32.0 Å². The predicted octanol–water partition coefficient (Wildman–Crippen LogP) is 10.1. The summed E-state index contributed by atoms with van der Waals surface area (Å²) in [5.74, 6) is 0. The molecule has 234 valence electrons. The minimum absolute atomic E-state index is 1.22. The zero-order chi connectivity index (χ0) is 33.1. The number of hydrogen-bond acceptors (Lipinski definition) is 0. The van der Waals surface area contributed by atoms with Crippen LogP contribution in [-0.2, 0) is 0 Å². The molecule has 0 bridgehead atoms. The minimum Gasteiger partial charge on any atom is -0.195 e. The van der Waals surface area contributed by atoms with Gasteiger partial charge in [0.1, 0.15) is 6.15 Å². The molecule has 0 saturated heterocycles. The molecule has 7 aromatic carbocycles. The Morgan fingerprint density at radius 2 is 0.490 bits per heavy atom. The van der Waals surface area contributed by atoms with Crippen LogP contribution in [0, 0.1) is 0 Å². The number of hydrogen-bond donors (Lipinski definition) is 0. The molecule has 0 nitrogen and oxygen atoms in total. The smallest absolute Gasteiger partial charge is 0.195 e. The normalized spacial score (nSPS) is 10.9. The molecule has 0 unspecified atom stereocenters. The van der Waals surface area contributed by atoms with E-state index in [-0.39, 0.29) is 0 Å². The van der Waals surface area contributed by atoms with Crippen LogP contribution >= 0.6 is 11.3 Å². The van der Waals surface area contributed by atoms with E-state index in [9.17, 15) is 0 Å². The van der Waals surface area contributed by atoms with Crippen LogP contribution < -0.4 is 21.9 Å². The van der Waals surface area contributed by atoms with E-state index in [0.29, 0.717) is 0 Å². The molecule has 0 atom stereocenters. The molecular formula is C47H37BS. The van der Waals surface area contributed by atoms with Gasteiger partial charge in [-0.05, 0) is 35.4 Å². The van der Waals surface area contributed by atoms with E-state index in [1.54, 1.807) is 0 Å². The summed E-state index contributed by atoms with van der Waals surface area (Å²) in [4.78, 5) is 2.58. The lowest BCUT2D eigenvalue weighted by Crippen LogP contribution is -2.74. The van der Waals surface area contributed by atoms with E-state index in [2.05, 4.69) is 224 Å². The van der Waals surface area contributed by atoms with Crippen molar-refractivity contribution in [2.45, 2.75) is 0 Å². The fourth-order valence-corrected chi connectivity index (χ4v) is 8.03. The monoisotopic (exact) mass is 644 g/mol. The third-order valence-corrected chi connectivity index (χ3v) is 10.4. The quantitative estimate of drug-likeness (QED) is 0.120. The summed E-state index contributed by atoms with van der Waals surface area (Å²) in [6.07, 6.45) is -1.22. The molecule has 0 fully saturated rings. The summed E-state index contributed by atoms with van der Waals surface area (Å²) in [5, 5.41) is 0. The van der Waals surface area contributed by atoms with E-state index in [4.69, 9.17) is 0 Å². The molecule has 0 aliphatic heterocycles. The van der Waals surface area contributed by atoms with Gasteiger partial charge >= 0.3 is 0 Å². The Balaban J connectivity index is 0.000000154. The Bertz CT molecular complexity index is 1870. The van der Waals surface area contributed by atoms with Gasteiger partial charge in [-0.15, -0.1) is 0 Å². The van der Waals surface area contributed by atoms with Gasteiger partial charge in [0.05, 0.1) is 0 Å². The maximum Gasteiger partial charge on any atom is 0.239 e. The van der Waals surface area contributed by atoms with Crippen LogP contribution in [0.5, 0.6) is 0 Å². The molecule has 2 heteroatoms. The van der Waals surface area contributed by atoms with Crippen molar-refractivity contribution in [2.24, 2.45) is 0 Å². The van der Waals surface area contributed by atoms with Crippen molar-refractivity contribution < 1.29 is 0 Å². The van der Waals surface area contributed by atoms with Crippen LogP contribution in [0.3, 0.4) is 0 Å². The van der Waals surface area contributed by atoms with Gasteiger partial charge in [0.25, 0.3) is 0 Å². The highest BCUT2D eigenvalue weighted by Crippen LogP contribution is 2.37. The van der Waals surface area contributed by atoms with Crippen LogP contribution in [0.4, 0.5) is 0 Å². The van der Waals surface area contributed by atoms with E-state index in [0.717, 1.165) is 0 Å². The van der Waals surface area contributed by atoms with Crippen molar-refractivity contribution in [1.29, 1.82) is 0 Å². The zero-order valence-electron chi connectivity index (χ0n) is 27.3. The topological polar surface area (TPSA) is 0 Å². The van der Waals surface area contributed by atoms with Crippen molar-refractivity contribution in [2.75, 3.05) is 0 Å². The molecule has 1 heterocycles. The first-order valence-corrected chi connectivity index (χ1v) is 17.7. The largest absolute Gasteiger partial charge is 0.239 e. The molecule has 49 heavy (non-hydrogen) atoms. The lowest BCUT2D eigenvalue weighted by molar-refractivity contribution is 1.63. The first-order chi connectivity index (χ1) is 24.3. The molecule has 8 rings (SSSR count). The average Bonchev–Trinajstić information content (AvgIpc) is 3.21. The summed E-state index contributed by atoms with van der Waals surface area (Å²) < 4.78 is 0. The number of rotatable bonds is 7. The summed E-state index contributed by atoms with van der Waals surface area (Å²) in [5.41, 5.74) is 10.4. The maximum absolute atomic E-state index is 2.29. The van der Waals surface area contributed by atoms with E-state index in [1.807, 2.05) is 11.3 Å². The zero-order valence-corrected chi connectivity index (χ0v) is 28.2. The van der Waals surface area contributed by atoms with Gasteiger partial charge in [-0.2, -0.15) is 21.9 Å². The summed E-state index contributed by atoms with van der Waals surface area (Å²) in [6.45, 7) is 0. The van der Waals surface area contributed by atoms with Crippen LogP contribution in [0.1, 0.15) is 0 Å². The Morgan fingerprint density at radius 1 is 0.245 bits per heavy atom. The first kappa shape index (κ1) is 31.8. The summed E-state index contributed by atoms with van der Waals surface area (Å²) in [6, 6.07) is 79.9. The van der Waals surface area contributed by atoms with Crippen molar-refractivity contribution in [3.8, 4) is 32.0 Å². The van der Waals surface area contributed by atoms with Gasteiger partial charge in [0.15, 0.2) is 0 Å². The SMILES string of the molecule is c1ccc(-c2cc(-c3ccccc3)[s+]c(-c3ccccc3)c2)cc1.c1ccc([B-](c2ccccc2)(c2ccccc2)c2ccccc2)cc1. The molecule has 0 aliphatic carbocycles. The van der Waals surface area contributed by atoms with Crippen LogP contribution in [0.2, 0.25) is 0 Å². The molecule has 0 amide bonds. The van der Waals surface area contributed by atoms with Crippen LogP contribution in [-0.4, -0.2) is 6.15 Å². The van der Waals surface area contributed by atoms with E-state index < -0.39 is 6.15 Å². The lowest BCUT2D eigenvalue weighted by atomic mass is 9.13. The summed E-state index contributed by atoms with van der Waals surface area (Å²) in [7, 11) is 0. The standard InChI is InChI=1S/C24H20B.C23H17S/c1-5-13-21(14-6-1)25(22-15-7-2-8-16-22,23-17-9-3-10-18-23)24-19-11-4-12-20-24;1-4-10-18(11-5-1)21-16-22(19-12-6-2-7-13-19)24-23(17-21)20-14-8-3-9-15-20/h1-20H;1-17H/q-1;+1. The van der Waals surface area contributed by atoms with Gasteiger partial charge in [-0.25, -0.2) is 0 Å². The third kappa shape index (κ3) is 7.06. The Morgan fingerprint density at radius 3 is 0.776 bits per heavy atom. The fraction of sp³-hybridized carbons (Fsp3) is 0. The summed E-state index contributed by atoms with van der Waals surface area (Å²) >= 11 is 1.84. The third-order valence-electron chi connectivity index (χ3n) is 9.22. The van der Waals surface area contributed by atoms with Crippen molar-refractivity contribution in [1.82, 2.24) is 0 Å². The minimum atomic E-state index is -1.22. The Hall–Kier alpha value is -5.83. The molecule has 1 aromatic heterocycles. The predicted molar refractivity (Wildman–Crippen MR) is 215 cm³/mol. The molecule has 0 spiro atoms. The molecule has 0 N–H and O–H groups in total. The Labute approximate surface area is 294 Å². The molecule has 0 aliphatic rings. The second-order valence-corrected chi connectivity index (χ2v) is 13.3. The van der Waals surface area contributed by atoms with Gasteiger partial charge in [0.2, 0.25) is 21.1 Å². The Kier molecular flexibility index (Phi) is 9.97. The lowest BCUT2D eigenvalue weighted by Gasteiger charge is -2.44. The second kappa shape index (κ2) is 15.4.